The van der Waals surface area contributed by atoms with Crippen molar-refractivity contribution in [1.29, 1.82) is 5.26 Å². The van der Waals surface area contributed by atoms with Crippen molar-refractivity contribution in [2.45, 2.75) is 26.3 Å². The molecule has 0 aromatic rings. The van der Waals surface area contributed by atoms with Crippen molar-refractivity contribution in [2.24, 2.45) is 0 Å². The smallest absolute Gasteiger partial charge is 0.322 e. The van der Waals surface area contributed by atoms with E-state index in [0.29, 0.717) is 0 Å². The van der Waals surface area contributed by atoms with E-state index in [-0.39, 0.29) is 13.0 Å². The molecule has 0 aromatic heterocycles. The minimum absolute atomic E-state index is 0.0819. The molecule has 0 bridgehead atoms. The lowest BCUT2D eigenvalue weighted by molar-refractivity contribution is -0.140. The molecule has 0 aliphatic carbocycles. The topological polar surface area (TPSA) is 87.5 Å². The van der Waals surface area contributed by atoms with Crippen molar-refractivity contribution in [1.82, 2.24) is 4.31 Å². The first-order valence-electron chi connectivity index (χ1n) is 4.83. The van der Waals surface area contributed by atoms with Crippen LogP contribution in [0.5, 0.6) is 0 Å². The number of hydrogen-bond donors (Lipinski definition) is 0. The summed E-state index contributed by atoms with van der Waals surface area (Å²) in [5.74, 6) is -1.47. The van der Waals surface area contributed by atoms with Gasteiger partial charge in [-0.15, -0.1) is 0 Å². The summed E-state index contributed by atoms with van der Waals surface area (Å²) >= 11 is 0. The lowest BCUT2D eigenvalue weighted by atomic mass is 10.3. The Morgan fingerprint density at radius 3 is 2.56 bits per heavy atom. The quantitative estimate of drug-likeness (QED) is 0.623. The average Bonchev–Trinajstić information content (AvgIpc) is 2.16. The van der Waals surface area contributed by atoms with Crippen LogP contribution >= 0.6 is 0 Å². The number of nitrogens with zero attached hydrogens (tertiary/aromatic N) is 2. The van der Waals surface area contributed by atoms with Gasteiger partial charge in [-0.2, -0.15) is 5.26 Å². The molecule has 0 rings (SSSR count). The minimum Gasteiger partial charge on any atom is -0.465 e. The molecule has 0 radical (unpaired) electrons. The lowest BCUT2D eigenvalue weighted by Gasteiger charge is -2.21. The van der Waals surface area contributed by atoms with Crippen molar-refractivity contribution in [3.8, 4) is 6.07 Å². The molecule has 0 spiro atoms. The highest BCUT2D eigenvalue weighted by molar-refractivity contribution is 7.89. The highest BCUT2D eigenvalue weighted by atomic mass is 32.2. The highest BCUT2D eigenvalue weighted by Crippen LogP contribution is 2.07. The van der Waals surface area contributed by atoms with Crippen LogP contribution in [-0.2, 0) is 19.6 Å². The Balaban J connectivity index is 4.55. The Morgan fingerprint density at radius 1 is 1.56 bits per heavy atom. The van der Waals surface area contributed by atoms with Gasteiger partial charge in [0.15, 0.2) is 5.75 Å². The van der Waals surface area contributed by atoms with Crippen molar-refractivity contribution >= 4 is 16.0 Å². The fourth-order valence-corrected chi connectivity index (χ4v) is 2.20. The Kier molecular flexibility index (Phi) is 6.00. The molecule has 0 saturated heterocycles. The van der Waals surface area contributed by atoms with Gasteiger partial charge >= 0.3 is 5.97 Å². The first kappa shape index (κ1) is 14.9. The number of sulfonamides is 1. The molecule has 0 aliphatic heterocycles. The standard InChI is InChI=1S/C9H16N2O4S/c1-4-15-9(12)7-16(13,14)11(3)8(2)5-6-10/h8H,4-5,7H2,1-3H3. The minimum atomic E-state index is -3.70. The predicted octanol–water partition coefficient (Wildman–Crippen LogP) is 0.113. The molecule has 0 aromatic carbocycles. The molecule has 92 valence electrons. The summed E-state index contributed by atoms with van der Waals surface area (Å²) in [6.07, 6.45) is 0.0819. The lowest BCUT2D eigenvalue weighted by Crippen LogP contribution is -2.38. The van der Waals surface area contributed by atoms with Gasteiger partial charge in [0.05, 0.1) is 19.1 Å². The second-order valence-corrected chi connectivity index (χ2v) is 5.32. The van der Waals surface area contributed by atoms with E-state index in [4.69, 9.17) is 5.26 Å². The van der Waals surface area contributed by atoms with Gasteiger partial charge in [-0.1, -0.05) is 0 Å². The molecule has 1 unspecified atom stereocenters. The molecule has 0 heterocycles. The van der Waals surface area contributed by atoms with E-state index < -0.39 is 27.8 Å². The van der Waals surface area contributed by atoms with Crippen LogP contribution in [0.25, 0.3) is 0 Å². The van der Waals surface area contributed by atoms with E-state index in [1.54, 1.807) is 13.8 Å². The molecule has 0 aliphatic rings. The second-order valence-electron chi connectivity index (χ2n) is 3.29. The Hall–Kier alpha value is -1.13. The van der Waals surface area contributed by atoms with Crippen molar-refractivity contribution < 1.29 is 17.9 Å². The first-order chi connectivity index (χ1) is 7.35. The summed E-state index contributed by atoms with van der Waals surface area (Å²) in [5.41, 5.74) is 0. The van der Waals surface area contributed by atoms with Crippen LogP contribution in [0.3, 0.4) is 0 Å². The fourth-order valence-electron chi connectivity index (χ4n) is 0.988. The van der Waals surface area contributed by atoms with E-state index in [1.807, 2.05) is 6.07 Å². The zero-order valence-electron chi connectivity index (χ0n) is 9.63. The van der Waals surface area contributed by atoms with E-state index in [0.717, 1.165) is 4.31 Å². The summed E-state index contributed by atoms with van der Waals surface area (Å²) in [6.45, 7) is 3.35. The van der Waals surface area contributed by atoms with Gasteiger partial charge in [0, 0.05) is 13.1 Å². The number of hydrogen-bond acceptors (Lipinski definition) is 5. The number of ether oxygens (including phenoxy) is 1. The van der Waals surface area contributed by atoms with E-state index >= 15 is 0 Å². The molecule has 16 heavy (non-hydrogen) atoms. The number of carbonyl (C=O) groups excluding carboxylic acids is 1. The van der Waals surface area contributed by atoms with Gasteiger partial charge in [-0.05, 0) is 13.8 Å². The SMILES string of the molecule is CCOC(=O)CS(=O)(=O)N(C)C(C)CC#N. The monoisotopic (exact) mass is 248 g/mol. The normalized spacial score (nSPS) is 13.2. The maximum atomic E-state index is 11.6. The van der Waals surface area contributed by atoms with Crippen LogP contribution in [0.1, 0.15) is 20.3 Å². The van der Waals surface area contributed by atoms with Crippen LogP contribution in [0, 0.1) is 11.3 Å². The van der Waals surface area contributed by atoms with Gasteiger partial charge in [-0.25, -0.2) is 12.7 Å². The molecular weight excluding hydrogens is 232 g/mol. The number of esters is 1. The molecule has 0 saturated carbocycles. The Morgan fingerprint density at radius 2 is 2.12 bits per heavy atom. The highest BCUT2D eigenvalue weighted by Gasteiger charge is 2.26. The first-order valence-corrected chi connectivity index (χ1v) is 6.44. The Bertz CT molecular complexity index is 371. The van der Waals surface area contributed by atoms with Gasteiger partial charge < -0.3 is 4.74 Å². The molecule has 0 amide bonds. The summed E-state index contributed by atoms with van der Waals surface area (Å²) < 4.78 is 28.9. The van der Waals surface area contributed by atoms with Crippen molar-refractivity contribution in [3.05, 3.63) is 0 Å². The van der Waals surface area contributed by atoms with Crippen molar-refractivity contribution in [3.63, 3.8) is 0 Å². The molecule has 6 nitrogen and oxygen atoms in total. The molecule has 0 N–H and O–H groups in total. The molecule has 7 heteroatoms. The van der Waals surface area contributed by atoms with E-state index in [9.17, 15) is 13.2 Å². The third-order valence-electron chi connectivity index (χ3n) is 2.05. The average molecular weight is 248 g/mol. The number of nitriles is 1. The zero-order chi connectivity index (χ0) is 12.8. The summed E-state index contributed by atoms with van der Waals surface area (Å²) in [6, 6.07) is 1.42. The van der Waals surface area contributed by atoms with Crippen LogP contribution < -0.4 is 0 Å². The van der Waals surface area contributed by atoms with E-state index in [2.05, 4.69) is 4.74 Å². The predicted molar refractivity (Wildman–Crippen MR) is 57.9 cm³/mol. The van der Waals surface area contributed by atoms with Gasteiger partial charge in [0.1, 0.15) is 0 Å². The zero-order valence-corrected chi connectivity index (χ0v) is 10.5. The Labute approximate surface area is 95.8 Å². The van der Waals surface area contributed by atoms with Gasteiger partial charge in [0.25, 0.3) is 0 Å². The maximum absolute atomic E-state index is 11.6. The van der Waals surface area contributed by atoms with Crippen LogP contribution in [0.4, 0.5) is 0 Å². The summed E-state index contributed by atoms with van der Waals surface area (Å²) in [5, 5.41) is 8.45. The molecule has 0 fully saturated rings. The largest absolute Gasteiger partial charge is 0.465 e. The third-order valence-corrected chi connectivity index (χ3v) is 3.89. The molecular formula is C9H16N2O4S. The second kappa shape index (κ2) is 6.45. The van der Waals surface area contributed by atoms with Gasteiger partial charge in [-0.3, -0.25) is 4.79 Å². The van der Waals surface area contributed by atoms with Crippen molar-refractivity contribution in [2.75, 3.05) is 19.4 Å². The number of carbonyl (C=O) groups is 1. The van der Waals surface area contributed by atoms with E-state index in [1.165, 1.54) is 7.05 Å². The third kappa shape index (κ3) is 4.59. The van der Waals surface area contributed by atoms with Gasteiger partial charge in [0.2, 0.25) is 10.0 Å². The van der Waals surface area contributed by atoms with Crippen LogP contribution in [0.15, 0.2) is 0 Å². The van der Waals surface area contributed by atoms with Crippen LogP contribution in [-0.4, -0.2) is 44.1 Å². The molecule has 1 atom stereocenters. The van der Waals surface area contributed by atoms with Crippen LogP contribution in [0.2, 0.25) is 0 Å². The number of rotatable bonds is 6. The summed E-state index contributed by atoms with van der Waals surface area (Å²) in [7, 11) is -2.35. The fraction of sp³-hybridized carbons (Fsp3) is 0.778. The summed E-state index contributed by atoms with van der Waals surface area (Å²) in [4.78, 5) is 11.1. The maximum Gasteiger partial charge on any atom is 0.322 e.